The summed E-state index contributed by atoms with van der Waals surface area (Å²) in [5, 5.41) is 9.46. The number of phenolic OH excluding ortho intramolecular Hbond substituents is 1. The van der Waals surface area contributed by atoms with Crippen molar-refractivity contribution in [1.82, 2.24) is 4.90 Å². The van der Waals surface area contributed by atoms with E-state index in [2.05, 4.69) is 18.2 Å². The van der Waals surface area contributed by atoms with E-state index in [0.717, 1.165) is 29.5 Å². The van der Waals surface area contributed by atoms with Gasteiger partial charge in [-0.3, -0.25) is 4.79 Å². The standard InChI is InChI=1S/C25H23NO2/c27-23-12-10-20(11-13-23)21-14-16-26(17-15-21)25(28)24-9-5-4-8-22(24)18-19-6-2-1-3-7-19/h1-14,27H,15-18H2. The van der Waals surface area contributed by atoms with Crippen molar-refractivity contribution in [3.05, 3.63) is 107 Å². The molecule has 3 heteroatoms. The molecule has 1 N–H and O–H groups in total. The van der Waals surface area contributed by atoms with E-state index in [9.17, 15) is 9.90 Å². The Morgan fingerprint density at radius 2 is 1.61 bits per heavy atom. The van der Waals surface area contributed by atoms with Gasteiger partial charge in [-0.2, -0.15) is 0 Å². The van der Waals surface area contributed by atoms with E-state index < -0.39 is 0 Å². The fourth-order valence-electron chi connectivity index (χ4n) is 3.66. The second kappa shape index (κ2) is 8.13. The first kappa shape index (κ1) is 18.1. The summed E-state index contributed by atoms with van der Waals surface area (Å²) in [6.07, 6.45) is 3.69. The second-order valence-corrected chi connectivity index (χ2v) is 7.10. The molecule has 1 amide bonds. The fourth-order valence-corrected chi connectivity index (χ4v) is 3.66. The van der Waals surface area contributed by atoms with E-state index in [1.807, 2.05) is 59.5 Å². The molecule has 3 nitrogen and oxygen atoms in total. The third-order valence-corrected chi connectivity index (χ3v) is 5.22. The number of carbonyl (C=O) groups is 1. The number of hydrogen-bond acceptors (Lipinski definition) is 2. The molecule has 0 unspecified atom stereocenters. The Morgan fingerprint density at radius 1 is 0.893 bits per heavy atom. The Morgan fingerprint density at radius 3 is 2.32 bits per heavy atom. The lowest BCUT2D eigenvalue weighted by atomic mass is 9.96. The van der Waals surface area contributed by atoms with Crippen LogP contribution >= 0.6 is 0 Å². The summed E-state index contributed by atoms with van der Waals surface area (Å²) in [7, 11) is 0. The maximum Gasteiger partial charge on any atom is 0.254 e. The highest BCUT2D eigenvalue weighted by Gasteiger charge is 2.21. The van der Waals surface area contributed by atoms with E-state index in [0.29, 0.717) is 13.1 Å². The molecule has 1 aliphatic heterocycles. The SMILES string of the molecule is O=C(c1ccccc1Cc1ccccc1)N1CC=C(c2ccc(O)cc2)CC1. The van der Waals surface area contributed by atoms with Gasteiger partial charge in [0.2, 0.25) is 0 Å². The van der Waals surface area contributed by atoms with Crippen LogP contribution in [0.4, 0.5) is 0 Å². The minimum absolute atomic E-state index is 0.0903. The van der Waals surface area contributed by atoms with Gasteiger partial charge in [0.15, 0.2) is 0 Å². The van der Waals surface area contributed by atoms with Gasteiger partial charge in [-0.25, -0.2) is 0 Å². The lowest BCUT2D eigenvalue weighted by molar-refractivity contribution is 0.0772. The van der Waals surface area contributed by atoms with Crippen LogP contribution in [0.2, 0.25) is 0 Å². The average Bonchev–Trinajstić information content (AvgIpc) is 2.75. The van der Waals surface area contributed by atoms with E-state index in [1.54, 1.807) is 12.1 Å². The van der Waals surface area contributed by atoms with Crippen LogP contribution in [0.3, 0.4) is 0 Å². The number of benzene rings is 3. The molecule has 0 bridgehead atoms. The molecule has 0 saturated carbocycles. The van der Waals surface area contributed by atoms with Crippen LogP contribution in [0.15, 0.2) is 84.9 Å². The highest BCUT2D eigenvalue weighted by atomic mass is 16.3. The number of nitrogens with zero attached hydrogens (tertiary/aromatic N) is 1. The Kier molecular flexibility index (Phi) is 5.24. The molecule has 0 fully saturated rings. The fraction of sp³-hybridized carbons (Fsp3) is 0.160. The summed E-state index contributed by atoms with van der Waals surface area (Å²) in [5.74, 6) is 0.361. The highest BCUT2D eigenvalue weighted by molar-refractivity contribution is 5.96. The maximum absolute atomic E-state index is 13.2. The van der Waals surface area contributed by atoms with Crippen LogP contribution < -0.4 is 0 Å². The molecule has 28 heavy (non-hydrogen) atoms. The van der Waals surface area contributed by atoms with Crippen LogP contribution in [0.1, 0.15) is 33.5 Å². The Balaban J connectivity index is 1.51. The first-order chi connectivity index (χ1) is 13.7. The molecule has 0 aliphatic carbocycles. The van der Waals surface area contributed by atoms with Crippen molar-refractivity contribution in [2.24, 2.45) is 0 Å². The molecule has 4 rings (SSSR count). The molecule has 0 spiro atoms. The van der Waals surface area contributed by atoms with Gasteiger partial charge in [-0.05, 0) is 53.3 Å². The van der Waals surface area contributed by atoms with Crippen molar-refractivity contribution in [3.63, 3.8) is 0 Å². The van der Waals surface area contributed by atoms with Crippen LogP contribution in [0.5, 0.6) is 5.75 Å². The smallest absolute Gasteiger partial charge is 0.254 e. The maximum atomic E-state index is 13.2. The summed E-state index contributed by atoms with van der Waals surface area (Å²) in [6.45, 7) is 1.31. The molecule has 1 aliphatic rings. The minimum atomic E-state index is 0.0903. The van der Waals surface area contributed by atoms with Crippen molar-refractivity contribution in [2.75, 3.05) is 13.1 Å². The lowest BCUT2D eigenvalue weighted by Crippen LogP contribution is -2.35. The topological polar surface area (TPSA) is 40.5 Å². The summed E-state index contributed by atoms with van der Waals surface area (Å²) in [4.78, 5) is 15.1. The van der Waals surface area contributed by atoms with E-state index in [-0.39, 0.29) is 11.7 Å². The van der Waals surface area contributed by atoms with Gasteiger partial charge in [0.25, 0.3) is 5.91 Å². The number of hydrogen-bond donors (Lipinski definition) is 1. The van der Waals surface area contributed by atoms with E-state index in [1.165, 1.54) is 11.1 Å². The average molecular weight is 369 g/mol. The Labute approximate surface area is 165 Å². The van der Waals surface area contributed by atoms with Gasteiger partial charge in [0, 0.05) is 18.7 Å². The first-order valence-corrected chi connectivity index (χ1v) is 9.60. The van der Waals surface area contributed by atoms with E-state index >= 15 is 0 Å². The van der Waals surface area contributed by atoms with Crippen LogP contribution in [-0.4, -0.2) is 29.0 Å². The van der Waals surface area contributed by atoms with Gasteiger partial charge >= 0.3 is 0 Å². The molecule has 0 aromatic heterocycles. The van der Waals surface area contributed by atoms with Crippen LogP contribution in [0.25, 0.3) is 5.57 Å². The number of phenols is 1. The Hall–Kier alpha value is -3.33. The molecule has 0 radical (unpaired) electrons. The number of rotatable bonds is 4. The van der Waals surface area contributed by atoms with Gasteiger partial charge < -0.3 is 10.0 Å². The zero-order chi connectivity index (χ0) is 19.3. The van der Waals surface area contributed by atoms with Gasteiger partial charge in [0.05, 0.1) is 0 Å². The summed E-state index contributed by atoms with van der Waals surface area (Å²) < 4.78 is 0. The quantitative estimate of drug-likeness (QED) is 0.710. The van der Waals surface area contributed by atoms with Gasteiger partial charge in [0.1, 0.15) is 5.75 Å². The number of amides is 1. The molecular formula is C25H23NO2. The summed E-state index contributed by atoms with van der Waals surface area (Å²) in [6, 6.07) is 25.4. The molecule has 0 atom stereocenters. The van der Waals surface area contributed by atoms with Crippen molar-refractivity contribution in [2.45, 2.75) is 12.8 Å². The van der Waals surface area contributed by atoms with E-state index in [4.69, 9.17) is 0 Å². The number of aromatic hydroxyl groups is 1. The predicted octanol–water partition coefficient (Wildman–Crippen LogP) is 4.91. The molecule has 0 saturated heterocycles. The highest BCUT2D eigenvalue weighted by Crippen LogP contribution is 2.25. The van der Waals surface area contributed by atoms with Gasteiger partial charge in [-0.15, -0.1) is 0 Å². The lowest BCUT2D eigenvalue weighted by Gasteiger charge is -2.27. The normalized spacial score (nSPS) is 13.9. The largest absolute Gasteiger partial charge is 0.508 e. The summed E-state index contributed by atoms with van der Waals surface area (Å²) in [5.41, 5.74) is 5.38. The van der Waals surface area contributed by atoms with Crippen molar-refractivity contribution >= 4 is 11.5 Å². The molecule has 140 valence electrons. The molecule has 1 heterocycles. The first-order valence-electron chi connectivity index (χ1n) is 9.60. The Bertz CT molecular complexity index is 991. The molecular weight excluding hydrogens is 346 g/mol. The van der Waals surface area contributed by atoms with Crippen molar-refractivity contribution < 1.29 is 9.90 Å². The third-order valence-electron chi connectivity index (χ3n) is 5.22. The monoisotopic (exact) mass is 369 g/mol. The minimum Gasteiger partial charge on any atom is -0.508 e. The van der Waals surface area contributed by atoms with Crippen molar-refractivity contribution in [1.29, 1.82) is 0 Å². The predicted molar refractivity (Wildman–Crippen MR) is 112 cm³/mol. The van der Waals surface area contributed by atoms with Crippen LogP contribution in [-0.2, 0) is 6.42 Å². The van der Waals surface area contributed by atoms with Crippen LogP contribution in [0, 0.1) is 0 Å². The zero-order valence-electron chi connectivity index (χ0n) is 15.7. The molecule has 3 aromatic rings. The third kappa shape index (κ3) is 3.99. The zero-order valence-corrected chi connectivity index (χ0v) is 15.7. The van der Waals surface area contributed by atoms with Gasteiger partial charge in [-0.1, -0.05) is 66.7 Å². The molecule has 3 aromatic carbocycles. The van der Waals surface area contributed by atoms with Crippen molar-refractivity contribution in [3.8, 4) is 5.75 Å². The number of carbonyl (C=O) groups excluding carboxylic acids is 1. The second-order valence-electron chi connectivity index (χ2n) is 7.10. The summed E-state index contributed by atoms with van der Waals surface area (Å²) >= 11 is 0.